The lowest BCUT2D eigenvalue weighted by Crippen LogP contribution is -2.21. The van der Waals surface area contributed by atoms with Crippen LogP contribution in [0.3, 0.4) is 0 Å². The van der Waals surface area contributed by atoms with E-state index < -0.39 is 0 Å². The molecule has 0 saturated heterocycles. The molecule has 2 aromatic rings. The lowest BCUT2D eigenvalue weighted by molar-refractivity contribution is 0.484. The van der Waals surface area contributed by atoms with E-state index in [1.165, 1.54) is 76.1 Å². The van der Waals surface area contributed by atoms with Crippen molar-refractivity contribution in [1.82, 2.24) is 9.97 Å². The number of pyridine rings is 2. The van der Waals surface area contributed by atoms with Crippen molar-refractivity contribution in [3.05, 3.63) is 48.3 Å². The maximum atomic E-state index is 5.03. The molecule has 138 valence electrons. The molecule has 0 spiro atoms. The average molecular weight is 366 g/mol. The highest BCUT2D eigenvalue weighted by atomic mass is 31.1. The Bertz CT molecular complexity index is 658. The second kappa shape index (κ2) is 9.09. The van der Waals surface area contributed by atoms with Gasteiger partial charge < -0.3 is 0 Å². The second-order valence-corrected chi connectivity index (χ2v) is 10.8. The highest BCUT2D eigenvalue weighted by molar-refractivity contribution is 7.58. The largest absolute Gasteiger partial charge is 0.255 e. The summed E-state index contributed by atoms with van der Waals surface area (Å²) in [5, 5.41) is 0. The number of rotatable bonds is 5. The smallest absolute Gasteiger partial charge is 0.0889 e. The monoisotopic (exact) mass is 366 g/mol. The van der Waals surface area contributed by atoms with Gasteiger partial charge in [0.05, 0.1) is 11.4 Å². The van der Waals surface area contributed by atoms with Gasteiger partial charge in [0.2, 0.25) is 0 Å². The van der Waals surface area contributed by atoms with E-state index in [0.717, 1.165) is 22.7 Å². The lowest BCUT2D eigenvalue weighted by Gasteiger charge is -2.38. The Morgan fingerprint density at radius 1 is 0.731 bits per heavy atom. The first-order chi connectivity index (χ1) is 12.9. The van der Waals surface area contributed by atoms with Crippen LogP contribution in [0.5, 0.6) is 0 Å². The van der Waals surface area contributed by atoms with Gasteiger partial charge in [0.15, 0.2) is 0 Å². The predicted molar refractivity (Wildman–Crippen MR) is 112 cm³/mol. The molecule has 0 aromatic carbocycles. The van der Waals surface area contributed by atoms with Crippen LogP contribution in [-0.2, 0) is 6.16 Å². The second-order valence-electron chi connectivity index (χ2n) is 7.99. The zero-order valence-corrected chi connectivity index (χ0v) is 16.7. The summed E-state index contributed by atoms with van der Waals surface area (Å²) in [6.07, 6.45) is 17.7. The summed E-state index contributed by atoms with van der Waals surface area (Å²) in [6, 6.07) is 12.6. The van der Waals surface area contributed by atoms with Gasteiger partial charge in [0.25, 0.3) is 0 Å². The highest BCUT2D eigenvalue weighted by Gasteiger charge is 2.31. The maximum Gasteiger partial charge on any atom is 0.0889 e. The fraction of sp³-hybridized carbons (Fsp3) is 0.565. The predicted octanol–water partition coefficient (Wildman–Crippen LogP) is 6.79. The third-order valence-corrected chi connectivity index (χ3v) is 9.76. The molecule has 0 amide bonds. The zero-order valence-electron chi connectivity index (χ0n) is 15.8. The van der Waals surface area contributed by atoms with Crippen molar-refractivity contribution in [2.45, 2.75) is 81.7 Å². The van der Waals surface area contributed by atoms with E-state index in [9.17, 15) is 0 Å². The van der Waals surface area contributed by atoms with Gasteiger partial charge in [-0.15, -0.1) is 0 Å². The Kier molecular flexibility index (Phi) is 6.33. The van der Waals surface area contributed by atoms with Crippen LogP contribution in [0.2, 0.25) is 0 Å². The molecule has 0 radical (unpaired) electrons. The van der Waals surface area contributed by atoms with Crippen molar-refractivity contribution in [2.75, 3.05) is 0 Å². The average Bonchev–Trinajstić information content (AvgIpc) is 2.74. The van der Waals surface area contributed by atoms with Gasteiger partial charge in [-0.25, -0.2) is 0 Å². The molecule has 2 saturated carbocycles. The molecule has 2 aliphatic rings. The van der Waals surface area contributed by atoms with Crippen LogP contribution in [0.4, 0.5) is 0 Å². The van der Waals surface area contributed by atoms with Crippen LogP contribution in [0, 0.1) is 0 Å². The minimum absolute atomic E-state index is 0.0625. The van der Waals surface area contributed by atoms with Crippen molar-refractivity contribution in [1.29, 1.82) is 0 Å². The first kappa shape index (κ1) is 18.1. The Morgan fingerprint density at radius 2 is 1.38 bits per heavy atom. The Balaban J connectivity index is 1.54. The zero-order chi connectivity index (χ0) is 17.6. The molecule has 0 atom stereocenters. The van der Waals surface area contributed by atoms with E-state index in [0.29, 0.717) is 0 Å². The van der Waals surface area contributed by atoms with Crippen LogP contribution in [0.25, 0.3) is 11.4 Å². The summed E-state index contributed by atoms with van der Waals surface area (Å²) < 4.78 is 0. The Labute approximate surface area is 159 Å². The van der Waals surface area contributed by atoms with Gasteiger partial charge in [-0.2, -0.15) is 0 Å². The minimum Gasteiger partial charge on any atom is -0.255 e. The van der Waals surface area contributed by atoms with Crippen molar-refractivity contribution in [3.8, 4) is 11.4 Å². The van der Waals surface area contributed by atoms with Gasteiger partial charge in [-0.3, -0.25) is 9.97 Å². The van der Waals surface area contributed by atoms with Crippen molar-refractivity contribution >= 4 is 7.92 Å². The molecule has 0 aliphatic heterocycles. The fourth-order valence-electron chi connectivity index (χ4n) is 4.79. The maximum absolute atomic E-state index is 5.03. The summed E-state index contributed by atoms with van der Waals surface area (Å²) in [7, 11) is 0.0625. The first-order valence-corrected chi connectivity index (χ1v) is 12.2. The van der Waals surface area contributed by atoms with E-state index in [1.54, 1.807) is 0 Å². The minimum atomic E-state index is 0.0625. The molecule has 3 heteroatoms. The molecule has 26 heavy (non-hydrogen) atoms. The molecule has 2 aromatic heterocycles. The lowest BCUT2D eigenvalue weighted by atomic mass is 9.99. The molecular formula is C23H31N2P. The van der Waals surface area contributed by atoms with E-state index in [2.05, 4.69) is 29.2 Å². The molecule has 0 N–H and O–H groups in total. The molecule has 4 rings (SSSR count). The quantitative estimate of drug-likeness (QED) is 0.544. The van der Waals surface area contributed by atoms with E-state index in [1.807, 2.05) is 18.3 Å². The molecule has 2 nitrogen and oxygen atoms in total. The van der Waals surface area contributed by atoms with Crippen LogP contribution >= 0.6 is 7.92 Å². The summed E-state index contributed by atoms with van der Waals surface area (Å²) in [4.78, 5) is 9.52. The fourth-order valence-corrected chi connectivity index (χ4v) is 8.51. The third kappa shape index (κ3) is 4.52. The van der Waals surface area contributed by atoms with Crippen molar-refractivity contribution in [3.63, 3.8) is 0 Å². The summed E-state index contributed by atoms with van der Waals surface area (Å²) in [5.41, 5.74) is 5.30. The first-order valence-electron chi connectivity index (χ1n) is 10.5. The molecular weight excluding hydrogens is 335 g/mol. The number of nitrogens with zero attached hydrogens (tertiary/aromatic N) is 2. The van der Waals surface area contributed by atoms with Gasteiger partial charge in [0, 0.05) is 18.1 Å². The Hall–Kier alpha value is -1.27. The van der Waals surface area contributed by atoms with Gasteiger partial charge in [0.1, 0.15) is 0 Å². The Morgan fingerprint density at radius 3 is 2.00 bits per heavy atom. The highest BCUT2D eigenvalue weighted by Crippen LogP contribution is 2.57. The number of aromatic nitrogens is 2. The van der Waals surface area contributed by atoms with Gasteiger partial charge >= 0.3 is 0 Å². The standard InChI is InChI=1S/C23H31N2P/c1-3-11-20(12-4-1)26(21-13-5-2-6-14-21)18-19-10-9-16-23(25-19)22-15-7-8-17-24-22/h7-10,15-17,20-21H,1-6,11-14,18H2. The molecule has 0 bridgehead atoms. The van der Waals surface area contributed by atoms with Gasteiger partial charge in [-0.1, -0.05) is 58.6 Å². The van der Waals surface area contributed by atoms with Crippen LogP contribution < -0.4 is 0 Å². The van der Waals surface area contributed by atoms with E-state index in [4.69, 9.17) is 4.98 Å². The topological polar surface area (TPSA) is 25.8 Å². The molecule has 2 fully saturated rings. The molecule has 0 unspecified atom stereocenters. The molecule has 2 heterocycles. The van der Waals surface area contributed by atoms with Crippen molar-refractivity contribution < 1.29 is 0 Å². The van der Waals surface area contributed by atoms with E-state index in [-0.39, 0.29) is 7.92 Å². The summed E-state index contributed by atoms with van der Waals surface area (Å²) >= 11 is 0. The number of hydrogen-bond donors (Lipinski definition) is 0. The van der Waals surface area contributed by atoms with Gasteiger partial charge in [-0.05, 0) is 61.3 Å². The SMILES string of the molecule is c1ccc(-c2cccc(CP(C3CCCCC3)C3CCCCC3)n2)nc1. The van der Waals surface area contributed by atoms with Crippen molar-refractivity contribution in [2.24, 2.45) is 0 Å². The summed E-state index contributed by atoms with van der Waals surface area (Å²) in [5.74, 6) is 0. The molecule has 2 aliphatic carbocycles. The van der Waals surface area contributed by atoms with Crippen LogP contribution in [0.1, 0.15) is 69.9 Å². The van der Waals surface area contributed by atoms with E-state index >= 15 is 0 Å². The summed E-state index contributed by atoms with van der Waals surface area (Å²) in [6.45, 7) is 0. The van der Waals surface area contributed by atoms with Crippen LogP contribution in [0.15, 0.2) is 42.6 Å². The van der Waals surface area contributed by atoms with Crippen LogP contribution in [-0.4, -0.2) is 21.3 Å². The third-order valence-electron chi connectivity index (χ3n) is 6.17. The number of hydrogen-bond acceptors (Lipinski definition) is 2. The normalized spacial score (nSPS) is 19.7.